The van der Waals surface area contributed by atoms with Gasteiger partial charge in [0.2, 0.25) is 6.29 Å². The average molecular weight is 213 g/mol. The zero-order valence-corrected chi connectivity index (χ0v) is 8.79. The predicted molar refractivity (Wildman–Crippen MR) is 53.0 cm³/mol. The summed E-state index contributed by atoms with van der Waals surface area (Å²) in [5.74, 6) is 0. The topological polar surface area (TPSA) is 51.2 Å². The van der Waals surface area contributed by atoms with Crippen LogP contribution in [0, 0.1) is 0 Å². The molecule has 0 fully saturated rings. The normalized spacial score (nSPS) is 13.1. The van der Waals surface area contributed by atoms with Crippen LogP contribution in [0.3, 0.4) is 0 Å². The Morgan fingerprint density at radius 1 is 1.33 bits per heavy atom. The van der Waals surface area contributed by atoms with Crippen LogP contribution in [-0.2, 0) is 14.5 Å². The molecule has 0 radical (unpaired) electrons. The van der Waals surface area contributed by atoms with Crippen molar-refractivity contribution < 1.29 is 19.6 Å². The summed E-state index contributed by atoms with van der Waals surface area (Å²) in [4.78, 5) is 14.6. The van der Waals surface area contributed by atoms with E-state index >= 15 is 0 Å². The van der Waals surface area contributed by atoms with Crippen molar-refractivity contribution in [3.8, 4) is 0 Å². The van der Waals surface area contributed by atoms with Gasteiger partial charge in [-0.15, -0.1) is 0 Å². The lowest BCUT2D eigenvalue weighted by atomic mass is 10.2. The first-order valence-corrected chi connectivity index (χ1v) is 4.65. The van der Waals surface area contributed by atoms with E-state index in [2.05, 4.69) is 0 Å². The van der Waals surface area contributed by atoms with E-state index in [9.17, 15) is 5.11 Å². The van der Waals surface area contributed by atoms with Crippen molar-refractivity contribution in [3.63, 3.8) is 0 Å². The lowest BCUT2D eigenvalue weighted by Gasteiger charge is -2.20. The van der Waals surface area contributed by atoms with E-state index in [-0.39, 0.29) is 0 Å². The van der Waals surface area contributed by atoms with Gasteiger partial charge in [-0.3, -0.25) is 9.68 Å². The average Bonchev–Trinajstić information content (AvgIpc) is 2.29. The predicted octanol–water partition coefficient (Wildman–Crippen LogP) is 1.42. The summed E-state index contributed by atoms with van der Waals surface area (Å²) in [5.41, 5.74) is 0.624. The minimum Gasteiger partial charge on any atom is -0.363 e. The molecule has 0 spiro atoms. The Morgan fingerprint density at radius 3 is 2.53 bits per heavy atom. The van der Waals surface area contributed by atoms with Crippen molar-refractivity contribution in [1.82, 2.24) is 5.39 Å². The van der Waals surface area contributed by atoms with Gasteiger partial charge in [-0.25, -0.2) is 4.84 Å². The van der Waals surface area contributed by atoms with Crippen LogP contribution in [-0.4, -0.2) is 24.2 Å². The fourth-order valence-electron chi connectivity index (χ4n) is 0.992. The molecule has 0 aromatic heterocycles. The van der Waals surface area contributed by atoms with E-state index in [1.54, 1.807) is 31.2 Å². The molecule has 15 heavy (non-hydrogen) atoms. The monoisotopic (exact) mass is 213 g/mol. The Hall–Kier alpha value is -0.980. The first-order chi connectivity index (χ1) is 7.27. The summed E-state index contributed by atoms with van der Waals surface area (Å²) in [7, 11) is 1.38. The number of aliphatic hydroxyl groups is 1. The first kappa shape index (κ1) is 12.1. The second kappa shape index (κ2) is 6.49. The van der Waals surface area contributed by atoms with Gasteiger partial charge in [0, 0.05) is 5.56 Å². The molecule has 0 aliphatic rings. The fourth-order valence-corrected chi connectivity index (χ4v) is 0.992. The van der Waals surface area contributed by atoms with Crippen LogP contribution < -0.4 is 0 Å². The summed E-state index contributed by atoms with van der Waals surface area (Å²) in [6.45, 7) is 2.17. The van der Waals surface area contributed by atoms with E-state index in [4.69, 9.17) is 14.5 Å². The van der Waals surface area contributed by atoms with E-state index in [0.29, 0.717) is 12.2 Å². The summed E-state index contributed by atoms with van der Waals surface area (Å²) >= 11 is 0. The van der Waals surface area contributed by atoms with Gasteiger partial charge in [0.05, 0.1) is 19.1 Å². The molecule has 0 heterocycles. The highest BCUT2D eigenvalue weighted by atomic mass is 17.2. The van der Waals surface area contributed by atoms with E-state index < -0.39 is 6.29 Å². The van der Waals surface area contributed by atoms with Gasteiger partial charge in [0.15, 0.2) is 0 Å². The lowest BCUT2D eigenvalue weighted by molar-refractivity contribution is -0.545. The van der Waals surface area contributed by atoms with Crippen molar-refractivity contribution in [1.29, 1.82) is 0 Å². The Kier molecular flexibility index (Phi) is 5.23. The molecule has 5 nitrogen and oxygen atoms in total. The fraction of sp³-hybridized carbons (Fsp3) is 0.400. The second-order valence-corrected chi connectivity index (χ2v) is 2.69. The molecule has 1 N–H and O–H groups in total. The quantitative estimate of drug-likeness (QED) is 0.572. The highest BCUT2D eigenvalue weighted by Crippen LogP contribution is 2.15. The molecule has 1 unspecified atom stereocenters. The SMILES string of the molecule is CCON(OC)OC(O)c1ccccc1. The van der Waals surface area contributed by atoms with Gasteiger partial charge in [-0.1, -0.05) is 30.3 Å². The third-order valence-electron chi connectivity index (χ3n) is 1.65. The summed E-state index contributed by atoms with van der Waals surface area (Å²) in [6.07, 6.45) is -1.11. The number of aliphatic hydroxyl groups excluding tert-OH is 1. The molecule has 0 amide bonds. The highest BCUT2D eigenvalue weighted by molar-refractivity contribution is 5.15. The van der Waals surface area contributed by atoms with E-state index in [0.717, 1.165) is 5.39 Å². The van der Waals surface area contributed by atoms with Gasteiger partial charge < -0.3 is 5.11 Å². The van der Waals surface area contributed by atoms with E-state index in [1.807, 2.05) is 6.07 Å². The Labute approximate surface area is 88.6 Å². The zero-order valence-electron chi connectivity index (χ0n) is 8.79. The molecular formula is C10H15NO4. The number of hydrogen-bond donors (Lipinski definition) is 1. The van der Waals surface area contributed by atoms with Crippen LogP contribution in [0.2, 0.25) is 0 Å². The van der Waals surface area contributed by atoms with Crippen LogP contribution in [0.1, 0.15) is 18.8 Å². The maximum Gasteiger partial charge on any atom is 0.206 e. The van der Waals surface area contributed by atoms with Gasteiger partial charge in [0.25, 0.3) is 0 Å². The number of hydrogen-bond acceptors (Lipinski definition) is 5. The number of nitrogens with zero attached hydrogens (tertiary/aromatic N) is 1. The molecule has 1 rings (SSSR count). The van der Waals surface area contributed by atoms with Gasteiger partial charge in [0.1, 0.15) is 0 Å². The van der Waals surface area contributed by atoms with Crippen molar-refractivity contribution in [2.45, 2.75) is 13.2 Å². The Morgan fingerprint density at radius 2 is 2.00 bits per heavy atom. The molecule has 1 atom stereocenters. The second-order valence-electron chi connectivity index (χ2n) is 2.69. The smallest absolute Gasteiger partial charge is 0.206 e. The van der Waals surface area contributed by atoms with Crippen molar-refractivity contribution in [3.05, 3.63) is 35.9 Å². The van der Waals surface area contributed by atoms with Crippen LogP contribution >= 0.6 is 0 Å². The first-order valence-electron chi connectivity index (χ1n) is 4.65. The van der Waals surface area contributed by atoms with Crippen LogP contribution in [0.15, 0.2) is 30.3 Å². The standard InChI is InChI=1S/C10H15NO4/c1-3-14-11(13-2)15-10(12)9-7-5-4-6-8-9/h4-8,10,12H,3H2,1-2H3. The molecule has 0 saturated heterocycles. The van der Waals surface area contributed by atoms with E-state index in [1.165, 1.54) is 7.11 Å². The summed E-state index contributed by atoms with van der Waals surface area (Å²) < 4.78 is 0. The molecular weight excluding hydrogens is 198 g/mol. The third kappa shape index (κ3) is 3.94. The molecule has 5 heteroatoms. The summed E-state index contributed by atoms with van der Waals surface area (Å²) in [6, 6.07) is 8.95. The summed E-state index contributed by atoms with van der Waals surface area (Å²) in [5, 5.41) is 10.4. The highest BCUT2D eigenvalue weighted by Gasteiger charge is 2.13. The minimum atomic E-state index is -1.11. The molecule has 1 aromatic rings. The largest absolute Gasteiger partial charge is 0.363 e. The lowest BCUT2D eigenvalue weighted by Crippen LogP contribution is -2.25. The third-order valence-corrected chi connectivity index (χ3v) is 1.65. The Balaban J connectivity index is 2.50. The number of benzene rings is 1. The van der Waals surface area contributed by atoms with Gasteiger partial charge in [-0.2, -0.15) is 0 Å². The number of rotatable bonds is 6. The maximum atomic E-state index is 9.62. The molecule has 0 bridgehead atoms. The van der Waals surface area contributed by atoms with Crippen molar-refractivity contribution in [2.24, 2.45) is 0 Å². The molecule has 0 aliphatic heterocycles. The molecule has 0 saturated carbocycles. The van der Waals surface area contributed by atoms with Gasteiger partial charge in [-0.05, 0) is 6.92 Å². The maximum absolute atomic E-state index is 9.62. The van der Waals surface area contributed by atoms with Crippen LogP contribution in [0.5, 0.6) is 0 Å². The van der Waals surface area contributed by atoms with Crippen molar-refractivity contribution >= 4 is 0 Å². The Bertz CT molecular complexity index is 267. The molecule has 0 aliphatic carbocycles. The van der Waals surface area contributed by atoms with Crippen LogP contribution in [0.4, 0.5) is 0 Å². The van der Waals surface area contributed by atoms with Crippen LogP contribution in [0.25, 0.3) is 0 Å². The van der Waals surface area contributed by atoms with Crippen molar-refractivity contribution in [2.75, 3.05) is 13.7 Å². The molecule has 84 valence electrons. The molecule has 1 aromatic carbocycles. The minimum absolute atomic E-state index is 0.384. The zero-order chi connectivity index (χ0) is 11.1. The van der Waals surface area contributed by atoms with Gasteiger partial charge >= 0.3 is 0 Å².